The number of benzene rings is 1. The first-order valence-electron chi connectivity index (χ1n) is 8.31. The normalized spacial score (nSPS) is 17.7. The fraction of sp³-hybridized carbons (Fsp3) is 0.471. The number of likely N-dealkylation sites (tertiary alicyclic amines) is 1. The molecule has 134 valence electrons. The zero-order valence-electron chi connectivity index (χ0n) is 13.7. The number of aromatic amines is 1. The van der Waals surface area contributed by atoms with E-state index in [-0.39, 0.29) is 23.9 Å². The molecule has 0 radical (unpaired) electrons. The summed E-state index contributed by atoms with van der Waals surface area (Å²) in [5.41, 5.74) is -0.436. The lowest BCUT2D eigenvalue weighted by Gasteiger charge is -2.32. The third-order valence-corrected chi connectivity index (χ3v) is 4.57. The standard InChI is InChI=1S/C17H19F2N3O3/c18-14-4-1-5-15(19)13(14)7-6-12-3-2-8-21(9-12)16(23)10-22-11-17(24)25-20-22/h1,4-5,11-12H,2-3,6-10H2/p+1. The van der Waals surface area contributed by atoms with E-state index in [1.165, 1.54) is 29.1 Å². The molecule has 2 heterocycles. The maximum absolute atomic E-state index is 13.7. The Bertz CT molecular complexity index is 782. The summed E-state index contributed by atoms with van der Waals surface area (Å²) in [5.74, 6) is -0.970. The lowest BCUT2D eigenvalue weighted by Crippen LogP contribution is -2.48. The number of hydrogen-bond donors (Lipinski definition) is 1. The van der Waals surface area contributed by atoms with Gasteiger partial charge in [0.2, 0.25) is 0 Å². The Hall–Kier alpha value is -2.51. The van der Waals surface area contributed by atoms with Crippen molar-refractivity contribution in [2.75, 3.05) is 13.1 Å². The maximum Gasteiger partial charge on any atom is 0.426 e. The number of aromatic nitrogens is 2. The van der Waals surface area contributed by atoms with Crippen molar-refractivity contribution in [1.82, 2.24) is 10.2 Å². The third-order valence-electron chi connectivity index (χ3n) is 4.57. The molecule has 1 fully saturated rings. The predicted molar refractivity (Wildman–Crippen MR) is 83.5 cm³/mol. The Balaban J connectivity index is 1.55. The van der Waals surface area contributed by atoms with Gasteiger partial charge in [-0.2, -0.15) is 0 Å². The second-order valence-corrected chi connectivity index (χ2v) is 6.36. The number of carbonyl (C=O) groups is 1. The second kappa shape index (κ2) is 7.58. The second-order valence-electron chi connectivity index (χ2n) is 6.36. The van der Waals surface area contributed by atoms with Crippen LogP contribution in [-0.4, -0.2) is 29.2 Å². The van der Waals surface area contributed by atoms with Crippen molar-refractivity contribution in [3.05, 3.63) is 52.0 Å². The van der Waals surface area contributed by atoms with E-state index in [2.05, 4.69) is 9.79 Å². The molecule has 1 N–H and O–H groups in total. The molecule has 1 aromatic carbocycles. The van der Waals surface area contributed by atoms with Gasteiger partial charge < -0.3 is 4.90 Å². The van der Waals surface area contributed by atoms with Crippen molar-refractivity contribution in [2.24, 2.45) is 5.92 Å². The number of rotatable bonds is 5. The predicted octanol–water partition coefficient (Wildman–Crippen LogP) is 1.40. The van der Waals surface area contributed by atoms with E-state index >= 15 is 0 Å². The highest BCUT2D eigenvalue weighted by atomic mass is 19.1. The molecule has 1 saturated heterocycles. The van der Waals surface area contributed by atoms with Crippen LogP contribution >= 0.6 is 0 Å². The SMILES string of the molecule is O=C(C[n+]1cc(=O)o[nH]1)N1CCCC(CCc2c(F)cccc2F)C1. The molecule has 1 aromatic heterocycles. The number of halogens is 2. The summed E-state index contributed by atoms with van der Waals surface area (Å²) >= 11 is 0. The Morgan fingerprint density at radius 1 is 1.36 bits per heavy atom. The molecule has 0 aliphatic carbocycles. The number of nitrogens with zero attached hydrogens (tertiary/aromatic N) is 2. The molecule has 3 rings (SSSR count). The highest BCUT2D eigenvalue weighted by Crippen LogP contribution is 2.23. The molecule has 0 saturated carbocycles. The number of nitrogens with one attached hydrogen (secondary N) is 1. The molecule has 8 heteroatoms. The van der Waals surface area contributed by atoms with Crippen molar-refractivity contribution < 1.29 is 22.8 Å². The molecule has 25 heavy (non-hydrogen) atoms. The van der Waals surface area contributed by atoms with E-state index < -0.39 is 17.3 Å². The highest BCUT2D eigenvalue weighted by molar-refractivity contribution is 5.74. The van der Waals surface area contributed by atoms with Crippen LogP contribution in [-0.2, 0) is 17.8 Å². The molecule has 6 nitrogen and oxygen atoms in total. The molecule has 0 bridgehead atoms. The topological polar surface area (TPSA) is 70.2 Å². The first kappa shape index (κ1) is 17.3. The van der Waals surface area contributed by atoms with Gasteiger partial charge in [0, 0.05) is 18.7 Å². The van der Waals surface area contributed by atoms with Crippen molar-refractivity contribution in [3.8, 4) is 0 Å². The fourth-order valence-corrected chi connectivity index (χ4v) is 3.25. The van der Waals surface area contributed by atoms with Crippen molar-refractivity contribution in [3.63, 3.8) is 0 Å². The minimum absolute atomic E-state index is 0.000398. The maximum atomic E-state index is 13.7. The Kier molecular flexibility index (Phi) is 5.25. The van der Waals surface area contributed by atoms with Gasteiger partial charge in [-0.3, -0.25) is 9.32 Å². The monoisotopic (exact) mass is 352 g/mol. The zero-order chi connectivity index (χ0) is 17.8. The average molecular weight is 352 g/mol. The van der Waals surface area contributed by atoms with Crippen LogP contribution in [0, 0.1) is 17.6 Å². The lowest BCUT2D eigenvalue weighted by molar-refractivity contribution is -0.751. The van der Waals surface area contributed by atoms with Gasteiger partial charge in [-0.05, 0) is 49.0 Å². The Labute approximate surface area is 143 Å². The first-order valence-corrected chi connectivity index (χ1v) is 8.31. The smallest absolute Gasteiger partial charge is 0.337 e. The molecule has 1 aliphatic heterocycles. The van der Waals surface area contributed by atoms with E-state index in [9.17, 15) is 18.4 Å². The van der Waals surface area contributed by atoms with Gasteiger partial charge in [-0.1, -0.05) is 10.7 Å². The van der Waals surface area contributed by atoms with E-state index in [0.29, 0.717) is 25.9 Å². The number of amides is 1. The minimum Gasteiger partial charge on any atom is -0.337 e. The fourth-order valence-electron chi connectivity index (χ4n) is 3.25. The Morgan fingerprint density at radius 2 is 2.12 bits per heavy atom. The number of hydrogen-bond acceptors (Lipinski definition) is 3. The third kappa shape index (κ3) is 4.32. The zero-order valence-corrected chi connectivity index (χ0v) is 13.7. The average Bonchev–Trinajstić information content (AvgIpc) is 2.99. The molecule has 1 atom stereocenters. The van der Waals surface area contributed by atoms with Crippen molar-refractivity contribution in [2.45, 2.75) is 32.2 Å². The van der Waals surface area contributed by atoms with Crippen LogP contribution in [0.15, 0.2) is 33.7 Å². The largest absolute Gasteiger partial charge is 0.426 e. The van der Waals surface area contributed by atoms with Gasteiger partial charge in [-0.15, -0.1) is 0 Å². The molecular weight excluding hydrogens is 332 g/mol. The van der Waals surface area contributed by atoms with Crippen LogP contribution in [0.1, 0.15) is 24.8 Å². The van der Waals surface area contributed by atoms with Gasteiger partial charge in [0.15, 0.2) is 0 Å². The summed E-state index contributed by atoms with van der Waals surface area (Å²) in [4.78, 5) is 25.0. The highest BCUT2D eigenvalue weighted by Gasteiger charge is 2.26. The van der Waals surface area contributed by atoms with Crippen LogP contribution in [0.4, 0.5) is 8.78 Å². The van der Waals surface area contributed by atoms with Crippen LogP contribution in [0.5, 0.6) is 0 Å². The van der Waals surface area contributed by atoms with E-state index in [1.807, 2.05) is 0 Å². The summed E-state index contributed by atoms with van der Waals surface area (Å²) in [6, 6.07) is 3.88. The summed E-state index contributed by atoms with van der Waals surface area (Å²) in [5, 5.41) is 2.34. The van der Waals surface area contributed by atoms with Crippen molar-refractivity contribution >= 4 is 5.91 Å². The van der Waals surface area contributed by atoms with Gasteiger partial charge >= 0.3 is 5.63 Å². The van der Waals surface area contributed by atoms with Crippen molar-refractivity contribution in [1.29, 1.82) is 0 Å². The van der Waals surface area contributed by atoms with Crippen LogP contribution in [0.2, 0.25) is 0 Å². The number of piperidine rings is 1. The molecule has 1 unspecified atom stereocenters. The Morgan fingerprint density at radius 3 is 2.80 bits per heavy atom. The van der Waals surface area contributed by atoms with E-state index in [0.717, 1.165) is 12.8 Å². The van der Waals surface area contributed by atoms with Gasteiger partial charge in [0.05, 0.1) is 0 Å². The number of carbonyl (C=O) groups excluding carboxylic acids is 1. The minimum atomic E-state index is -0.545. The van der Waals surface area contributed by atoms with Crippen LogP contribution < -0.4 is 10.3 Å². The summed E-state index contributed by atoms with van der Waals surface area (Å²) < 4.78 is 33.2. The number of H-pyrrole nitrogens is 1. The molecular formula is C17H20F2N3O3+. The lowest BCUT2D eigenvalue weighted by atomic mass is 9.91. The van der Waals surface area contributed by atoms with Crippen LogP contribution in [0.3, 0.4) is 0 Å². The molecule has 2 aromatic rings. The van der Waals surface area contributed by atoms with Gasteiger partial charge in [0.25, 0.3) is 18.6 Å². The van der Waals surface area contributed by atoms with E-state index in [4.69, 9.17) is 0 Å². The summed E-state index contributed by atoms with van der Waals surface area (Å²) in [7, 11) is 0. The van der Waals surface area contributed by atoms with E-state index in [1.54, 1.807) is 4.90 Å². The molecule has 1 aliphatic rings. The van der Waals surface area contributed by atoms with Crippen LogP contribution in [0.25, 0.3) is 0 Å². The molecule has 0 spiro atoms. The van der Waals surface area contributed by atoms with Gasteiger partial charge in [0.1, 0.15) is 11.6 Å². The summed E-state index contributed by atoms with van der Waals surface area (Å²) in [6.45, 7) is 1.20. The first-order chi connectivity index (χ1) is 12.0. The summed E-state index contributed by atoms with van der Waals surface area (Å²) in [6.07, 6.45) is 3.89. The van der Waals surface area contributed by atoms with Gasteiger partial charge in [-0.25, -0.2) is 13.6 Å². The quantitative estimate of drug-likeness (QED) is 0.827. The molecule has 1 amide bonds.